The maximum atomic E-state index is 10.7. The molecular weight excluding hydrogens is 238 g/mol. The largest absolute Gasteiger partial charge is 0.329 e. The Bertz CT molecular complexity index is 532. The van der Waals surface area contributed by atoms with Crippen LogP contribution in [0.1, 0.15) is 50.7 Å². The molecule has 0 atom stereocenters. The molecule has 0 aliphatic heterocycles. The van der Waals surface area contributed by atoms with E-state index >= 15 is 0 Å². The monoisotopic (exact) mass is 259 g/mol. The van der Waals surface area contributed by atoms with Crippen molar-refractivity contribution in [2.45, 2.75) is 39.5 Å². The summed E-state index contributed by atoms with van der Waals surface area (Å²) >= 11 is 0. The zero-order valence-corrected chi connectivity index (χ0v) is 11.9. The van der Waals surface area contributed by atoms with Crippen molar-refractivity contribution in [3.63, 3.8) is 0 Å². The molecular formula is C15H21N3O. The van der Waals surface area contributed by atoms with E-state index in [2.05, 4.69) is 42.6 Å². The quantitative estimate of drug-likeness (QED) is 0.901. The maximum Gasteiger partial charge on any atom is 0.248 e. The first-order valence-electron chi connectivity index (χ1n) is 6.44. The Hall–Kier alpha value is -1.97. The highest BCUT2D eigenvalue weighted by atomic mass is 16.1. The summed E-state index contributed by atoms with van der Waals surface area (Å²) in [4.78, 5) is 21.1. The average molecular weight is 259 g/mol. The highest BCUT2D eigenvalue weighted by Crippen LogP contribution is 2.09. The second-order valence-corrected chi connectivity index (χ2v) is 4.97. The first-order valence-corrected chi connectivity index (χ1v) is 6.44. The topological polar surface area (TPSA) is 58.6 Å². The number of nitrogens with one attached hydrogen (secondary N) is 1. The summed E-state index contributed by atoms with van der Waals surface area (Å²) in [6.45, 7) is 8.38. The standard InChI is InChI=1S/C8H11NO.C7H10N2/c1-6(2)7-3-4-9-8(10)5-7;1-6(2)7-3-8-5-9-4-7/h3-6H,1-2H3,(H,9,10);3-6H,1-2H3. The van der Waals surface area contributed by atoms with Crippen LogP contribution in [-0.2, 0) is 0 Å². The van der Waals surface area contributed by atoms with Gasteiger partial charge in [0.15, 0.2) is 0 Å². The van der Waals surface area contributed by atoms with Gasteiger partial charge in [-0.3, -0.25) is 4.79 Å². The molecule has 0 aliphatic rings. The highest BCUT2D eigenvalue weighted by Gasteiger charge is 1.96. The second kappa shape index (κ2) is 7.46. The van der Waals surface area contributed by atoms with Crippen LogP contribution >= 0.6 is 0 Å². The zero-order valence-electron chi connectivity index (χ0n) is 11.9. The van der Waals surface area contributed by atoms with Gasteiger partial charge in [0.25, 0.3) is 0 Å². The molecule has 2 heterocycles. The SMILES string of the molecule is CC(C)c1cc[nH]c(=O)c1.CC(C)c1cncnc1. The van der Waals surface area contributed by atoms with E-state index in [9.17, 15) is 4.79 Å². The first-order chi connectivity index (χ1) is 9.00. The predicted octanol–water partition coefficient (Wildman–Crippen LogP) is 3.10. The van der Waals surface area contributed by atoms with Crippen molar-refractivity contribution >= 4 is 0 Å². The molecule has 2 aromatic heterocycles. The molecule has 0 aromatic carbocycles. The van der Waals surface area contributed by atoms with Crippen molar-refractivity contribution in [1.29, 1.82) is 0 Å². The van der Waals surface area contributed by atoms with E-state index in [0.29, 0.717) is 11.8 Å². The van der Waals surface area contributed by atoms with Gasteiger partial charge in [-0.2, -0.15) is 0 Å². The van der Waals surface area contributed by atoms with Gasteiger partial charge in [-0.25, -0.2) is 9.97 Å². The summed E-state index contributed by atoms with van der Waals surface area (Å²) in [6, 6.07) is 3.55. The maximum absolute atomic E-state index is 10.7. The van der Waals surface area contributed by atoms with E-state index in [0.717, 1.165) is 5.56 Å². The number of nitrogens with zero attached hydrogens (tertiary/aromatic N) is 2. The van der Waals surface area contributed by atoms with Crippen LogP contribution in [0.3, 0.4) is 0 Å². The molecule has 0 unspecified atom stereocenters. The molecule has 4 heteroatoms. The molecule has 0 bridgehead atoms. The summed E-state index contributed by atoms with van der Waals surface area (Å²) in [7, 11) is 0. The van der Waals surface area contributed by atoms with Crippen molar-refractivity contribution in [1.82, 2.24) is 15.0 Å². The molecule has 19 heavy (non-hydrogen) atoms. The first kappa shape index (κ1) is 15.1. The van der Waals surface area contributed by atoms with Crippen LogP contribution in [0.5, 0.6) is 0 Å². The normalized spacial score (nSPS) is 10.2. The van der Waals surface area contributed by atoms with Gasteiger partial charge in [0.2, 0.25) is 5.56 Å². The van der Waals surface area contributed by atoms with Crippen LogP contribution in [0.15, 0.2) is 41.8 Å². The Morgan fingerprint density at radius 1 is 1.00 bits per heavy atom. The van der Waals surface area contributed by atoms with E-state index in [1.165, 1.54) is 5.56 Å². The van der Waals surface area contributed by atoms with Crippen molar-refractivity contribution in [2.75, 3.05) is 0 Å². The number of hydrogen-bond acceptors (Lipinski definition) is 3. The summed E-state index contributed by atoms with van der Waals surface area (Å²) in [5.74, 6) is 0.966. The molecule has 102 valence electrons. The van der Waals surface area contributed by atoms with Crippen molar-refractivity contribution in [2.24, 2.45) is 0 Å². The van der Waals surface area contributed by atoms with Crippen LogP contribution in [0.4, 0.5) is 0 Å². The summed E-state index contributed by atoms with van der Waals surface area (Å²) < 4.78 is 0. The fraction of sp³-hybridized carbons (Fsp3) is 0.400. The number of aromatic nitrogens is 3. The molecule has 0 aliphatic carbocycles. The van der Waals surface area contributed by atoms with Gasteiger partial charge in [0.1, 0.15) is 6.33 Å². The third kappa shape index (κ3) is 5.46. The number of H-pyrrole nitrogens is 1. The molecule has 0 amide bonds. The average Bonchev–Trinajstić information content (AvgIpc) is 2.40. The van der Waals surface area contributed by atoms with Gasteiger partial charge >= 0.3 is 0 Å². The molecule has 1 N–H and O–H groups in total. The Labute approximate surface area is 114 Å². The van der Waals surface area contributed by atoms with Gasteiger partial charge in [0, 0.05) is 24.7 Å². The Morgan fingerprint density at radius 2 is 1.58 bits per heavy atom. The molecule has 0 saturated carbocycles. The summed E-state index contributed by atoms with van der Waals surface area (Å²) in [5, 5.41) is 0. The van der Waals surface area contributed by atoms with Gasteiger partial charge in [0.05, 0.1) is 0 Å². The van der Waals surface area contributed by atoms with Gasteiger partial charge < -0.3 is 4.98 Å². The number of hydrogen-bond donors (Lipinski definition) is 1. The number of aromatic amines is 1. The minimum Gasteiger partial charge on any atom is -0.329 e. The lowest BCUT2D eigenvalue weighted by Crippen LogP contribution is -2.04. The molecule has 0 saturated heterocycles. The second-order valence-electron chi connectivity index (χ2n) is 4.97. The van der Waals surface area contributed by atoms with Crippen LogP contribution in [0.25, 0.3) is 0 Å². The Kier molecular flexibility index (Phi) is 5.93. The van der Waals surface area contributed by atoms with E-state index < -0.39 is 0 Å². The fourth-order valence-corrected chi connectivity index (χ4v) is 1.43. The van der Waals surface area contributed by atoms with Crippen LogP contribution in [0, 0.1) is 0 Å². The van der Waals surface area contributed by atoms with Crippen LogP contribution in [0.2, 0.25) is 0 Å². The van der Waals surface area contributed by atoms with E-state index in [1.807, 2.05) is 18.5 Å². The minimum atomic E-state index is -0.0220. The summed E-state index contributed by atoms with van der Waals surface area (Å²) in [5.41, 5.74) is 2.26. The van der Waals surface area contributed by atoms with E-state index in [1.54, 1.807) is 18.6 Å². The molecule has 0 spiro atoms. The minimum absolute atomic E-state index is 0.0220. The van der Waals surface area contributed by atoms with E-state index in [4.69, 9.17) is 0 Å². The number of pyridine rings is 1. The van der Waals surface area contributed by atoms with E-state index in [-0.39, 0.29) is 5.56 Å². The lowest BCUT2D eigenvalue weighted by atomic mass is 10.1. The zero-order chi connectivity index (χ0) is 14.3. The van der Waals surface area contributed by atoms with Crippen LogP contribution < -0.4 is 5.56 Å². The van der Waals surface area contributed by atoms with Gasteiger partial charge in [-0.05, 0) is 29.0 Å². The lowest BCUT2D eigenvalue weighted by Gasteiger charge is -2.01. The van der Waals surface area contributed by atoms with Crippen molar-refractivity contribution in [3.05, 3.63) is 58.5 Å². The van der Waals surface area contributed by atoms with Crippen LogP contribution in [-0.4, -0.2) is 15.0 Å². The third-order valence-corrected chi connectivity index (χ3v) is 2.71. The predicted molar refractivity (Wildman–Crippen MR) is 77.3 cm³/mol. The van der Waals surface area contributed by atoms with Crippen molar-refractivity contribution < 1.29 is 0 Å². The molecule has 0 fully saturated rings. The molecule has 2 rings (SSSR count). The van der Waals surface area contributed by atoms with Crippen molar-refractivity contribution in [3.8, 4) is 0 Å². The molecule has 2 aromatic rings. The lowest BCUT2D eigenvalue weighted by molar-refractivity contribution is 0.845. The third-order valence-electron chi connectivity index (χ3n) is 2.71. The Balaban J connectivity index is 0.000000191. The summed E-state index contributed by atoms with van der Waals surface area (Å²) in [6.07, 6.45) is 6.92. The van der Waals surface area contributed by atoms with Gasteiger partial charge in [-0.15, -0.1) is 0 Å². The highest BCUT2D eigenvalue weighted by molar-refractivity contribution is 5.13. The fourth-order valence-electron chi connectivity index (χ4n) is 1.43. The Morgan fingerprint density at radius 3 is 1.95 bits per heavy atom. The smallest absolute Gasteiger partial charge is 0.248 e. The number of rotatable bonds is 2. The van der Waals surface area contributed by atoms with Gasteiger partial charge in [-0.1, -0.05) is 27.7 Å². The molecule has 0 radical (unpaired) electrons. The molecule has 4 nitrogen and oxygen atoms in total.